The van der Waals surface area contributed by atoms with Gasteiger partial charge in [0.2, 0.25) is 5.91 Å². The number of fused-ring (bicyclic) bond motifs is 3. The summed E-state index contributed by atoms with van der Waals surface area (Å²) in [5.74, 6) is 0.114. The normalized spacial score (nSPS) is 44.7. The second-order valence-corrected chi connectivity index (χ2v) is 10.7. The maximum atomic E-state index is 13.3. The lowest BCUT2D eigenvalue weighted by Gasteiger charge is -2.49. The molecule has 2 bridgehead atoms. The Morgan fingerprint density at radius 3 is 2.31 bits per heavy atom. The molecule has 3 saturated carbocycles. The van der Waals surface area contributed by atoms with Crippen molar-refractivity contribution in [2.24, 2.45) is 22.2 Å². The number of hydrogen-bond acceptors (Lipinski definition) is 5. The number of carbonyl (C=O) groups is 3. The molecule has 3 aliphatic carbocycles. The lowest BCUT2D eigenvalue weighted by Crippen LogP contribution is -2.68. The quantitative estimate of drug-likeness (QED) is 0.720. The van der Waals surface area contributed by atoms with E-state index >= 15 is 0 Å². The van der Waals surface area contributed by atoms with E-state index in [1.807, 2.05) is 20.8 Å². The van der Waals surface area contributed by atoms with Gasteiger partial charge in [0.05, 0.1) is 23.0 Å². The molecule has 29 heavy (non-hydrogen) atoms. The summed E-state index contributed by atoms with van der Waals surface area (Å²) in [6, 6.07) is -0.0203. The van der Waals surface area contributed by atoms with Gasteiger partial charge in [-0.15, -0.1) is 0 Å². The van der Waals surface area contributed by atoms with E-state index < -0.39 is 16.4 Å². The molecule has 0 spiro atoms. The van der Waals surface area contributed by atoms with Gasteiger partial charge in [-0.3, -0.25) is 14.4 Å². The number of methoxy groups -OCH3 is 1. The van der Waals surface area contributed by atoms with Crippen LogP contribution < -0.4 is 5.32 Å². The minimum atomic E-state index is -1.05. The highest BCUT2D eigenvalue weighted by molar-refractivity contribution is 5.96. The van der Waals surface area contributed by atoms with Gasteiger partial charge in [0.1, 0.15) is 0 Å². The average molecular weight is 405 g/mol. The molecule has 2 aliphatic heterocycles. The van der Waals surface area contributed by atoms with Gasteiger partial charge < -0.3 is 19.7 Å². The van der Waals surface area contributed by atoms with E-state index in [0.717, 1.165) is 25.7 Å². The minimum Gasteiger partial charge on any atom is -0.448 e. The van der Waals surface area contributed by atoms with Crippen molar-refractivity contribution in [2.75, 3.05) is 20.2 Å². The molecule has 5 rings (SSSR count). The van der Waals surface area contributed by atoms with E-state index in [2.05, 4.69) is 5.32 Å². The van der Waals surface area contributed by atoms with Crippen LogP contribution in [0.15, 0.2) is 0 Å². The highest BCUT2D eigenvalue weighted by Gasteiger charge is 2.76. The fourth-order valence-electron chi connectivity index (χ4n) is 6.83. The maximum absolute atomic E-state index is 13.3. The first kappa shape index (κ1) is 19.3. The van der Waals surface area contributed by atoms with Crippen molar-refractivity contribution >= 4 is 17.8 Å². The Bertz CT molecular complexity index is 790. The second kappa shape index (κ2) is 5.74. The molecule has 1 N–H and O–H groups in total. The number of likely N-dealkylation sites (tertiary alicyclic amines) is 1. The van der Waals surface area contributed by atoms with Crippen LogP contribution in [-0.2, 0) is 23.9 Å². The lowest BCUT2D eigenvalue weighted by atomic mass is 9.61. The first-order chi connectivity index (χ1) is 13.6. The summed E-state index contributed by atoms with van der Waals surface area (Å²) >= 11 is 0. The molecule has 2 heterocycles. The molecule has 5 aliphatic rings. The third-order valence-electron chi connectivity index (χ3n) is 9.62. The number of esters is 1. The summed E-state index contributed by atoms with van der Waals surface area (Å²) in [6.07, 6.45) is 5.30. The van der Waals surface area contributed by atoms with Crippen molar-refractivity contribution in [1.82, 2.24) is 10.2 Å². The summed E-state index contributed by atoms with van der Waals surface area (Å²) in [7, 11) is 1.73. The molecular formula is C22H32N2O5. The molecule has 7 nitrogen and oxygen atoms in total. The Morgan fingerprint density at radius 2 is 1.79 bits per heavy atom. The summed E-state index contributed by atoms with van der Waals surface area (Å²) in [4.78, 5) is 40.5. The molecule has 5 atom stereocenters. The molecule has 160 valence electrons. The number of hydrogen-bond donors (Lipinski definition) is 1. The van der Waals surface area contributed by atoms with Crippen LogP contribution in [0.2, 0.25) is 0 Å². The zero-order chi connectivity index (χ0) is 20.8. The third-order valence-corrected chi connectivity index (χ3v) is 9.62. The fraction of sp³-hybridized carbons (Fsp3) is 0.864. The van der Waals surface area contributed by atoms with Crippen LogP contribution in [0.1, 0.15) is 59.3 Å². The highest BCUT2D eigenvalue weighted by atomic mass is 16.6. The standard InChI is InChI=1S/C22H32N2O5/c1-19(2)20(3)9-10-22(19,29-18(20)27)17(26)24-11-13(12-24)23-16(25)21-7-5-14(21)15(28-4)6-8-21/h13-15H,5-12H2,1-4H3,(H,23,25)/t14-,15+,20-,21-,22+/m0/s1. The van der Waals surface area contributed by atoms with Crippen LogP contribution in [0.3, 0.4) is 0 Å². The largest absolute Gasteiger partial charge is 0.448 e. The van der Waals surface area contributed by atoms with E-state index in [-0.39, 0.29) is 35.3 Å². The minimum absolute atomic E-state index is 0.0203. The zero-order valence-corrected chi connectivity index (χ0v) is 17.9. The molecule has 0 aromatic rings. The van der Waals surface area contributed by atoms with Gasteiger partial charge >= 0.3 is 5.97 Å². The number of rotatable bonds is 4. The number of carbonyl (C=O) groups excluding carboxylic acids is 3. The van der Waals surface area contributed by atoms with E-state index in [1.54, 1.807) is 12.0 Å². The van der Waals surface area contributed by atoms with Gasteiger partial charge in [-0.05, 0) is 51.4 Å². The SMILES string of the molecule is CO[C@@H]1CC[C@@]2(C(=O)NC3CN(C(=O)[C@@]45CC[C@@](C)(C(=O)O4)C5(C)C)C3)CC[C@@H]12. The van der Waals surface area contributed by atoms with Crippen LogP contribution in [-0.4, -0.2) is 60.6 Å². The molecule has 0 aromatic carbocycles. The Labute approximate surface area is 171 Å². The van der Waals surface area contributed by atoms with Gasteiger partial charge in [0.25, 0.3) is 5.91 Å². The van der Waals surface area contributed by atoms with Gasteiger partial charge in [-0.1, -0.05) is 13.8 Å². The number of ether oxygens (including phenoxy) is 2. The zero-order valence-electron chi connectivity index (χ0n) is 17.9. The van der Waals surface area contributed by atoms with Gasteiger partial charge in [0, 0.05) is 25.6 Å². The van der Waals surface area contributed by atoms with Crippen molar-refractivity contribution in [3.63, 3.8) is 0 Å². The molecule has 2 amide bonds. The topological polar surface area (TPSA) is 84.9 Å². The van der Waals surface area contributed by atoms with Crippen LogP contribution >= 0.6 is 0 Å². The highest BCUT2D eigenvalue weighted by Crippen LogP contribution is 2.66. The van der Waals surface area contributed by atoms with Crippen molar-refractivity contribution < 1.29 is 23.9 Å². The number of amides is 2. The van der Waals surface area contributed by atoms with Crippen molar-refractivity contribution in [3.05, 3.63) is 0 Å². The van der Waals surface area contributed by atoms with Gasteiger partial charge in [0.15, 0.2) is 5.60 Å². The van der Waals surface area contributed by atoms with Crippen LogP contribution in [0.5, 0.6) is 0 Å². The second-order valence-electron chi connectivity index (χ2n) is 10.7. The number of nitrogens with zero attached hydrogens (tertiary/aromatic N) is 1. The predicted octanol–water partition coefficient (Wildman–Crippen LogP) is 1.64. The Hall–Kier alpha value is -1.63. The predicted molar refractivity (Wildman–Crippen MR) is 104 cm³/mol. The van der Waals surface area contributed by atoms with Gasteiger partial charge in [-0.25, -0.2) is 0 Å². The Kier molecular flexibility index (Phi) is 3.83. The van der Waals surface area contributed by atoms with Crippen LogP contribution in [0, 0.1) is 22.2 Å². The van der Waals surface area contributed by atoms with Crippen LogP contribution in [0.25, 0.3) is 0 Å². The summed E-state index contributed by atoms with van der Waals surface area (Å²) in [6.45, 7) is 6.85. The first-order valence-corrected chi connectivity index (χ1v) is 11.0. The number of nitrogens with one attached hydrogen (secondary N) is 1. The summed E-state index contributed by atoms with van der Waals surface area (Å²) in [5.41, 5.74) is -2.44. The molecule has 0 radical (unpaired) electrons. The lowest BCUT2D eigenvalue weighted by molar-refractivity contribution is -0.177. The van der Waals surface area contributed by atoms with Crippen molar-refractivity contribution in [2.45, 2.75) is 77.0 Å². The molecule has 2 saturated heterocycles. The molecule has 7 heteroatoms. The van der Waals surface area contributed by atoms with Crippen molar-refractivity contribution in [1.29, 1.82) is 0 Å². The fourth-order valence-corrected chi connectivity index (χ4v) is 6.83. The van der Waals surface area contributed by atoms with E-state index in [1.165, 1.54) is 0 Å². The maximum Gasteiger partial charge on any atom is 0.313 e. The molecule has 0 aromatic heterocycles. The molecule has 5 fully saturated rings. The van der Waals surface area contributed by atoms with Crippen molar-refractivity contribution in [3.8, 4) is 0 Å². The van der Waals surface area contributed by atoms with E-state index in [0.29, 0.717) is 31.8 Å². The first-order valence-electron chi connectivity index (χ1n) is 11.0. The van der Waals surface area contributed by atoms with Gasteiger partial charge in [-0.2, -0.15) is 0 Å². The monoisotopic (exact) mass is 404 g/mol. The Balaban J connectivity index is 1.22. The smallest absolute Gasteiger partial charge is 0.313 e. The summed E-state index contributed by atoms with van der Waals surface area (Å²) in [5, 5.41) is 3.18. The van der Waals surface area contributed by atoms with E-state index in [9.17, 15) is 14.4 Å². The Morgan fingerprint density at radius 1 is 1.10 bits per heavy atom. The molecule has 0 unspecified atom stereocenters. The third kappa shape index (κ3) is 2.10. The average Bonchev–Trinajstić information content (AvgIpc) is 3.06. The van der Waals surface area contributed by atoms with E-state index in [4.69, 9.17) is 9.47 Å². The summed E-state index contributed by atoms with van der Waals surface area (Å²) < 4.78 is 11.3. The van der Waals surface area contributed by atoms with Crippen LogP contribution in [0.4, 0.5) is 0 Å². The molecular weight excluding hydrogens is 372 g/mol.